The van der Waals surface area contributed by atoms with Crippen LogP contribution < -0.4 is 15.0 Å². The Morgan fingerprint density at radius 1 is 1.04 bits per heavy atom. The first kappa shape index (κ1) is 20.0. The van der Waals surface area contributed by atoms with E-state index >= 15 is 0 Å². The summed E-state index contributed by atoms with van der Waals surface area (Å²) in [6.45, 7) is 3.52. The number of methoxy groups -OCH3 is 1. The number of esters is 1. The third kappa shape index (κ3) is 5.31. The summed E-state index contributed by atoms with van der Waals surface area (Å²) in [5.41, 5.74) is 1.40. The number of nitrogens with one attached hydrogen (secondary N) is 1. The maximum Gasteiger partial charge on any atom is 0.337 e. The molecule has 1 N–H and O–H groups in total. The van der Waals surface area contributed by atoms with E-state index in [4.69, 9.17) is 4.74 Å². The van der Waals surface area contributed by atoms with Crippen LogP contribution in [-0.4, -0.2) is 38.0 Å². The zero-order valence-corrected chi connectivity index (χ0v) is 15.5. The zero-order valence-electron chi connectivity index (χ0n) is 15.5. The first-order valence-corrected chi connectivity index (χ1v) is 8.44. The van der Waals surface area contributed by atoms with Crippen LogP contribution >= 0.6 is 0 Å². The van der Waals surface area contributed by atoms with Gasteiger partial charge in [-0.1, -0.05) is 12.1 Å². The number of benzene rings is 2. The Hall–Kier alpha value is -3.35. The summed E-state index contributed by atoms with van der Waals surface area (Å²) in [7, 11) is 1.29. The molecule has 7 heteroatoms. The average molecular weight is 370 g/mol. The second kappa shape index (κ2) is 9.38. The number of rotatable bonds is 7. The number of anilines is 2. The predicted molar refractivity (Wildman–Crippen MR) is 102 cm³/mol. The van der Waals surface area contributed by atoms with Gasteiger partial charge in [-0.2, -0.15) is 0 Å². The lowest BCUT2D eigenvalue weighted by Crippen LogP contribution is -2.36. The molecule has 0 bridgehead atoms. The monoisotopic (exact) mass is 370 g/mol. The van der Waals surface area contributed by atoms with Crippen LogP contribution in [0.15, 0.2) is 48.5 Å². The van der Waals surface area contributed by atoms with E-state index in [9.17, 15) is 14.4 Å². The van der Waals surface area contributed by atoms with Gasteiger partial charge in [0.15, 0.2) is 0 Å². The normalized spacial score (nSPS) is 10.0. The first-order valence-electron chi connectivity index (χ1n) is 8.44. The van der Waals surface area contributed by atoms with Gasteiger partial charge in [-0.3, -0.25) is 9.59 Å². The fraction of sp³-hybridized carbons (Fsp3) is 0.250. The number of ether oxygens (including phenoxy) is 2. The van der Waals surface area contributed by atoms with E-state index in [1.807, 2.05) is 13.0 Å². The minimum Gasteiger partial charge on any atom is -0.492 e. The minimum atomic E-state index is -0.471. The minimum absolute atomic E-state index is 0.173. The van der Waals surface area contributed by atoms with Crippen molar-refractivity contribution in [3.05, 3.63) is 54.1 Å². The fourth-order valence-electron chi connectivity index (χ4n) is 2.46. The highest BCUT2D eigenvalue weighted by Gasteiger charge is 2.17. The van der Waals surface area contributed by atoms with Crippen LogP contribution in [0.1, 0.15) is 24.2 Å². The van der Waals surface area contributed by atoms with Gasteiger partial charge in [-0.05, 0) is 43.3 Å². The lowest BCUT2D eigenvalue weighted by Gasteiger charge is -2.21. The van der Waals surface area contributed by atoms with Crippen molar-refractivity contribution >= 4 is 29.2 Å². The molecule has 7 nitrogen and oxygen atoms in total. The van der Waals surface area contributed by atoms with Crippen LogP contribution in [0.5, 0.6) is 5.75 Å². The van der Waals surface area contributed by atoms with Gasteiger partial charge in [-0.25, -0.2) is 4.79 Å². The molecule has 2 aromatic carbocycles. The molecule has 0 saturated heterocycles. The van der Waals surface area contributed by atoms with Crippen LogP contribution in [0.25, 0.3) is 0 Å². The number of para-hydroxylation sites is 2. The Kier molecular flexibility index (Phi) is 6.93. The zero-order chi connectivity index (χ0) is 19.8. The second-order valence-electron chi connectivity index (χ2n) is 5.62. The molecule has 142 valence electrons. The van der Waals surface area contributed by atoms with Crippen LogP contribution in [0.3, 0.4) is 0 Å². The Bertz CT molecular complexity index is 817. The molecule has 2 aromatic rings. The topological polar surface area (TPSA) is 84.9 Å². The van der Waals surface area contributed by atoms with Gasteiger partial charge in [0.25, 0.3) is 0 Å². The van der Waals surface area contributed by atoms with E-state index in [1.165, 1.54) is 18.9 Å². The Morgan fingerprint density at radius 2 is 1.70 bits per heavy atom. The molecule has 0 atom stereocenters. The number of nitrogens with zero attached hydrogens (tertiary/aromatic N) is 1. The third-order valence-corrected chi connectivity index (χ3v) is 3.74. The highest BCUT2D eigenvalue weighted by molar-refractivity contribution is 6.02. The quantitative estimate of drug-likeness (QED) is 0.758. The van der Waals surface area contributed by atoms with Gasteiger partial charge in [0.2, 0.25) is 11.8 Å². The average Bonchev–Trinajstić information content (AvgIpc) is 2.67. The van der Waals surface area contributed by atoms with Gasteiger partial charge in [0.1, 0.15) is 12.3 Å². The molecule has 0 aliphatic heterocycles. The summed E-state index contributed by atoms with van der Waals surface area (Å²) < 4.78 is 10.1. The number of hydrogen-bond donors (Lipinski definition) is 1. The predicted octanol–water partition coefficient (Wildman–Crippen LogP) is 2.86. The van der Waals surface area contributed by atoms with Crippen molar-refractivity contribution in [3.8, 4) is 5.75 Å². The van der Waals surface area contributed by atoms with Crippen LogP contribution in [0.4, 0.5) is 11.4 Å². The first-order chi connectivity index (χ1) is 13.0. The van der Waals surface area contributed by atoms with Crippen molar-refractivity contribution in [2.75, 3.05) is 30.5 Å². The standard InChI is InChI=1S/C20H22N2O5/c1-4-27-18-8-6-5-7-17(18)21-19(24)13-22(14(2)23)16-11-9-15(10-12-16)20(25)26-3/h5-12H,4,13H2,1-3H3,(H,21,24). The van der Waals surface area contributed by atoms with Crippen molar-refractivity contribution < 1.29 is 23.9 Å². The molecule has 0 aromatic heterocycles. The van der Waals surface area contributed by atoms with Crippen molar-refractivity contribution in [1.82, 2.24) is 0 Å². The highest BCUT2D eigenvalue weighted by Crippen LogP contribution is 2.24. The van der Waals surface area contributed by atoms with E-state index in [0.29, 0.717) is 29.3 Å². The van der Waals surface area contributed by atoms with E-state index in [-0.39, 0.29) is 18.4 Å². The van der Waals surface area contributed by atoms with Crippen LogP contribution in [-0.2, 0) is 14.3 Å². The van der Waals surface area contributed by atoms with E-state index in [2.05, 4.69) is 10.1 Å². The van der Waals surface area contributed by atoms with Gasteiger partial charge < -0.3 is 19.7 Å². The molecule has 2 amide bonds. The smallest absolute Gasteiger partial charge is 0.337 e. The van der Waals surface area contributed by atoms with E-state index in [0.717, 1.165) is 0 Å². The van der Waals surface area contributed by atoms with Crippen molar-refractivity contribution in [1.29, 1.82) is 0 Å². The Morgan fingerprint density at radius 3 is 2.30 bits per heavy atom. The van der Waals surface area contributed by atoms with Gasteiger partial charge in [0, 0.05) is 12.6 Å². The maximum absolute atomic E-state index is 12.4. The lowest BCUT2D eigenvalue weighted by atomic mass is 10.2. The summed E-state index contributed by atoms with van der Waals surface area (Å²) in [5, 5.41) is 2.76. The summed E-state index contributed by atoms with van der Waals surface area (Å²) in [4.78, 5) is 37.3. The van der Waals surface area contributed by atoms with Crippen molar-refractivity contribution in [2.24, 2.45) is 0 Å². The van der Waals surface area contributed by atoms with E-state index in [1.54, 1.807) is 42.5 Å². The SMILES string of the molecule is CCOc1ccccc1NC(=O)CN(C(C)=O)c1ccc(C(=O)OC)cc1. The molecule has 0 saturated carbocycles. The maximum atomic E-state index is 12.4. The number of hydrogen-bond acceptors (Lipinski definition) is 5. The second-order valence-corrected chi connectivity index (χ2v) is 5.62. The fourth-order valence-corrected chi connectivity index (χ4v) is 2.46. The largest absolute Gasteiger partial charge is 0.492 e. The number of carbonyl (C=O) groups is 3. The highest BCUT2D eigenvalue weighted by atomic mass is 16.5. The summed E-state index contributed by atoms with van der Waals surface area (Å²) >= 11 is 0. The molecule has 0 aliphatic carbocycles. The van der Waals surface area contributed by atoms with Crippen molar-refractivity contribution in [3.63, 3.8) is 0 Å². The van der Waals surface area contributed by atoms with Gasteiger partial charge in [-0.15, -0.1) is 0 Å². The number of carbonyl (C=O) groups excluding carboxylic acids is 3. The molecule has 0 unspecified atom stereocenters. The Balaban J connectivity index is 2.13. The Labute approximate surface area is 157 Å². The molecule has 0 radical (unpaired) electrons. The summed E-state index contributed by atoms with van der Waals surface area (Å²) in [6, 6.07) is 13.3. The lowest BCUT2D eigenvalue weighted by molar-refractivity contribution is -0.120. The number of amides is 2. The molecule has 0 spiro atoms. The van der Waals surface area contributed by atoms with E-state index < -0.39 is 5.97 Å². The van der Waals surface area contributed by atoms with Crippen molar-refractivity contribution in [2.45, 2.75) is 13.8 Å². The third-order valence-electron chi connectivity index (χ3n) is 3.74. The molecular weight excluding hydrogens is 348 g/mol. The molecule has 0 aliphatic rings. The van der Waals surface area contributed by atoms with Crippen LogP contribution in [0.2, 0.25) is 0 Å². The summed E-state index contributed by atoms with van der Waals surface area (Å²) in [6.07, 6.45) is 0. The molecule has 2 rings (SSSR count). The van der Waals surface area contributed by atoms with Gasteiger partial charge >= 0.3 is 5.97 Å². The van der Waals surface area contributed by atoms with Crippen LogP contribution in [0, 0.1) is 0 Å². The molecular formula is C20H22N2O5. The molecule has 27 heavy (non-hydrogen) atoms. The molecule has 0 heterocycles. The van der Waals surface area contributed by atoms with Gasteiger partial charge in [0.05, 0.1) is 25.0 Å². The summed E-state index contributed by atoms with van der Waals surface area (Å²) in [5.74, 6) is -0.574. The molecule has 0 fully saturated rings.